The van der Waals surface area contributed by atoms with Crippen molar-refractivity contribution in [2.24, 2.45) is 0 Å². The molecule has 7 heteroatoms. The first-order valence-corrected chi connectivity index (χ1v) is 8.66. The Morgan fingerprint density at radius 1 is 1.15 bits per heavy atom. The number of fused-ring (bicyclic) bond motifs is 2. The summed E-state index contributed by atoms with van der Waals surface area (Å²) in [6.07, 6.45) is 4.14. The molecular weight excluding hydrogens is 332 g/mol. The number of nitrogens with one attached hydrogen (secondary N) is 1. The quantitative estimate of drug-likeness (QED) is 0.781. The normalized spacial score (nSPS) is 13.7. The second-order valence-corrected chi connectivity index (χ2v) is 6.49. The summed E-state index contributed by atoms with van der Waals surface area (Å²) in [6, 6.07) is 7.40. The number of hydrogen-bond donors (Lipinski definition) is 1. The van der Waals surface area contributed by atoms with Crippen LogP contribution in [0.25, 0.3) is 11.0 Å². The molecule has 26 heavy (non-hydrogen) atoms. The molecule has 2 aromatic heterocycles. The van der Waals surface area contributed by atoms with Crippen LogP contribution in [0.1, 0.15) is 36.7 Å². The van der Waals surface area contributed by atoms with Crippen molar-refractivity contribution in [2.75, 3.05) is 18.5 Å². The minimum absolute atomic E-state index is 0.210. The predicted molar refractivity (Wildman–Crippen MR) is 97.9 cm³/mol. The molecule has 0 atom stereocenters. The lowest BCUT2D eigenvalue weighted by molar-refractivity contribution is 0.102. The third-order valence-electron chi connectivity index (χ3n) is 4.19. The number of ether oxygens (including phenoxy) is 2. The van der Waals surface area contributed by atoms with E-state index in [9.17, 15) is 4.79 Å². The van der Waals surface area contributed by atoms with Crippen LogP contribution in [0.5, 0.6) is 11.5 Å². The molecule has 3 aromatic rings. The highest BCUT2D eigenvalue weighted by Gasteiger charge is 2.14. The number of anilines is 1. The summed E-state index contributed by atoms with van der Waals surface area (Å²) in [5.74, 6) is 1.11. The van der Waals surface area contributed by atoms with E-state index in [-0.39, 0.29) is 11.9 Å². The van der Waals surface area contributed by atoms with Gasteiger partial charge >= 0.3 is 0 Å². The number of pyridine rings is 1. The zero-order chi connectivity index (χ0) is 18.1. The Balaban J connectivity index is 1.56. The van der Waals surface area contributed by atoms with Gasteiger partial charge in [0.25, 0.3) is 5.91 Å². The fourth-order valence-corrected chi connectivity index (χ4v) is 2.89. The van der Waals surface area contributed by atoms with Crippen molar-refractivity contribution >= 4 is 22.6 Å². The van der Waals surface area contributed by atoms with Gasteiger partial charge in [0.05, 0.1) is 25.0 Å². The molecule has 1 aliphatic rings. The molecule has 0 spiro atoms. The number of amides is 1. The molecule has 0 saturated heterocycles. The number of nitrogens with zero attached hydrogens (tertiary/aromatic N) is 3. The molecular formula is C19H20N4O3. The maximum Gasteiger partial charge on any atom is 0.257 e. The van der Waals surface area contributed by atoms with Crippen LogP contribution in [0.3, 0.4) is 0 Å². The van der Waals surface area contributed by atoms with E-state index in [1.165, 1.54) is 0 Å². The standard InChI is InChI=1S/C19H20N4O3/c1-12(2)23-18-13(11-21-23)8-14(10-20-18)19(24)22-15-4-5-16-17(9-15)26-7-3-6-25-16/h4-5,8-12H,3,6-7H2,1-2H3,(H,22,24). The Morgan fingerprint density at radius 2 is 1.96 bits per heavy atom. The average Bonchev–Trinajstić information content (AvgIpc) is 2.92. The lowest BCUT2D eigenvalue weighted by atomic mass is 10.2. The monoisotopic (exact) mass is 352 g/mol. The number of rotatable bonds is 3. The highest BCUT2D eigenvalue weighted by Crippen LogP contribution is 2.32. The summed E-state index contributed by atoms with van der Waals surface area (Å²) < 4.78 is 13.1. The second-order valence-electron chi connectivity index (χ2n) is 6.49. The SMILES string of the molecule is CC(C)n1ncc2cc(C(=O)Nc3ccc4c(c3)OCCCO4)cnc21. The van der Waals surface area contributed by atoms with Gasteiger partial charge in [-0.05, 0) is 32.0 Å². The third-order valence-corrected chi connectivity index (χ3v) is 4.19. The number of aromatic nitrogens is 3. The first-order valence-electron chi connectivity index (χ1n) is 8.66. The number of carbonyl (C=O) groups is 1. The van der Waals surface area contributed by atoms with Gasteiger partial charge in [0.2, 0.25) is 0 Å². The Kier molecular flexibility index (Phi) is 4.20. The van der Waals surface area contributed by atoms with E-state index in [1.54, 1.807) is 30.6 Å². The van der Waals surface area contributed by atoms with Gasteiger partial charge in [0, 0.05) is 35.8 Å². The van der Waals surface area contributed by atoms with Gasteiger partial charge in [-0.15, -0.1) is 0 Å². The van der Waals surface area contributed by atoms with Gasteiger partial charge in [-0.2, -0.15) is 5.10 Å². The van der Waals surface area contributed by atoms with Gasteiger partial charge < -0.3 is 14.8 Å². The van der Waals surface area contributed by atoms with E-state index in [2.05, 4.69) is 15.4 Å². The largest absolute Gasteiger partial charge is 0.490 e. The molecule has 0 bridgehead atoms. The van der Waals surface area contributed by atoms with Crippen LogP contribution in [-0.4, -0.2) is 33.9 Å². The zero-order valence-electron chi connectivity index (χ0n) is 14.7. The Morgan fingerprint density at radius 3 is 2.77 bits per heavy atom. The average molecular weight is 352 g/mol. The van der Waals surface area contributed by atoms with E-state index in [0.717, 1.165) is 17.5 Å². The van der Waals surface area contributed by atoms with Gasteiger partial charge in [-0.25, -0.2) is 9.67 Å². The van der Waals surface area contributed by atoms with Crippen molar-refractivity contribution in [2.45, 2.75) is 26.3 Å². The molecule has 7 nitrogen and oxygen atoms in total. The van der Waals surface area contributed by atoms with E-state index >= 15 is 0 Å². The minimum atomic E-state index is -0.230. The van der Waals surface area contributed by atoms with Crippen LogP contribution >= 0.6 is 0 Å². The Bertz CT molecular complexity index is 965. The summed E-state index contributed by atoms with van der Waals surface area (Å²) >= 11 is 0. The van der Waals surface area contributed by atoms with E-state index in [1.807, 2.05) is 24.6 Å². The highest BCUT2D eigenvalue weighted by molar-refractivity contribution is 6.05. The van der Waals surface area contributed by atoms with Crippen LogP contribution in [-0.2, 0) is 0 Å². The number of benzene rings is 1. The number of carbonyl (C=O) groups excluding carboxylic acids is 1. The first kappa shape index (κ1) is 16.4. The third kappa shape index (κ3) is 3.08. The first-order chi connectivity index (χ1) is 12.6. The molecule has 0 radical (unpaired) electrons. The van der Waals surface area contributed by atoms with Gasteiger partial charge in [-0.3, -0.25) is 4.79 Å². The summed E-state index contributed by atoms with van der Waals surface area (Å²) in [5, 5.41) is 8.05. The maximum absolute atomic E-state index is 12.6. The smallest absolute Gasteiger partial charge is 0.257 e. The zero-order valence-corrected chi connectivity index (χ0v) is 14.7. The van der Waals surface area contributed by atoms with Gasteiger partial charge in [0.15, 0.2) is 17.1 Å². The van der Waals surface area contributed by atoms with Crippen molar-refractivity contribution in [3.05, 3.63) is 42.2 Å². The van der Waals surface area contributed by atoms with E-state index < -0.39 is 0 Å². The van der Waals surface area contributed by atoms with Crippen LogP contribution in [0.2, 0.25) is 0 Å². The summed E-state index contributed by atoms with van der Waals surface area (Å²) in [5.41, 5.74) is 1.90. The van der Waals surface area contributed by atoms with Crippen LogP contribution in [0.15, 0.2) is 36.7 Å². The van der Waals surface area contributed by atoms with Gasteiger partial charge in [-0.1, -0.05) is 0 Å². The van der Waals surface area contributed by atoms with Crippen LogP contribution in [0.4, 0.5) is 5.69 Å². The molecule has 4 rings (SSSR count). The van der Waals surface area contributed by atoms with Crippen molar-refractivity contribution < 1.29 is 14.3 Å². The molecule has 3 heterocycles. The van der Waals surface area contributed by atoms with Crippen molar-refractivity contribution in [3.63, 3.8) is 0 Å². The molecule has 0 fully saturated rings. The molecule has 0 saturated carbocycles. The van der Waals surface area contributed by atoms with E-state index in [4.69, 9.17) is 9.47 Å². The Labute approximate surface area is 150 Å². The fourth-order valence-electron chi connectivity index (χ4n) is 2.89. The lowest BCUT2D eigenvalue weighted by Crippen LogP contribution is -2.12. The van der Waals surface area contributed by atoms with Crippen molar-refractivity contribution in [3.8, 4) is 11.5 Å². The van der Waals surface area contributed by atoms with Crippen molar-refractivity contribution in [1.29, 1.82) is 0 Å². The summed E-state index contributed by atoms with van der Waals surface area (Å²) in [7, 11) is 0. The maximum atomic E-state index is 12.6. The summed E-state index contributed by atoms with van der Waals surface area (Å²) in [6.45, 7) is 5.32. The molecule has 0 unspecified atom stereocenters. The fraction of sp³-hybridized carbons (Fsp3) is 0.316. The molecule has 1 N–H and O–H groups in total. The van der Waals surface area contributed by atoms with Crippen LogP contribution in [0, 0.1) is 0 Å². The highest BCUT2D eigenvalue weighted by atomic mass is 16.5. The second kappa shape index (κ2) is 6.67. The predicted octanol–water partition coefficient (Wildman–Crippen LogP) is 3.43. The number of hydrogen-bond acceptors (Lipinski definition) is 5. The molecule has 0 aliphatic carbocycles. The van der Waals surface area contributed by atoms with Crippen molar-refractivity contribution in [1.82, 2.24) is 14.8 Å². The Hall–Kier alpha value is -3.09. The summed E-state index contributed by atoms with van der Waals surface area (Å²) in [4.78, 5) is 17.0. The molecule has 1 aromatic carbocycles. The molecule has 1 aliphatic heterocycles. The lowest BCUT2D eigenvalue weighted by Gasteiger charge is -2.10. The molecule has 1 amide bonds. The minimum Gasteiger partial charge on any atom is -0.490 e. The topological polar surface area (TPSA) is 78.3 Å². The van der Waals surface area contributed by atoms with Gasteiger partial charge in [0.1, 0.15) is 0 Å². The van der Waals surface area contributed by atoms with Crippen LogP contribution < -0.4 is 14.8 Å². The van der Waals surface area contributed by atoms with E-state index in [0.29, 0.717) is 36.0 Å². The molecule has 134 valence electrons.